The minimum absolute atomic E-state index is 0.272. The van der Waals surface area contributed by atoms with Gasteiger partial charge < -0.3 is 19.5 Å². The van der Waals surface area contributed by atoms with Crippen LogP contribution in [0.4, 0.5) is 5.69 Å². The minimum Gasteiger partial charge on any atom is -0.492 e. The number of hydrogen-bond acceptors (Lipinski definition) is 5. The van der Waals surface area contributed by atoms with Gasteiger partial charge in [-0.2, -0.15) is 0 Å². The van der Waals surface area contributed by atoms with Crippen molar-refractivity contribution < 1.29 is 23.8 Å². The second kappa shape index (κ2) is 9.42. The van der Waals surface area contributed by atoms with Crippen molar-refractivity contribution in [3.05, 3.63) is 23.8 Å². The molecule has 0 unspecified atom stereocenters. The van der Waals surface area contributed by atoms with Crippen LogP contribution in [0.2, 0.25) is 0 Å². The number of anilines is 1. The number of carbonyl (C=O) groups excluding carboxylic acids is 2. The molecule has 0 aliphatic carbocycles. The van der Waals surface area contributed by atoms with Crippen LogP contribution in [0.1, 0.15) is 51.4 Å². The van der Waals surface area contributed by atoms with E-state index < -0.39 is 11.6 Å². The summed E-state index contributed by atoms with van der Waals surface area (Å²) in [5, 5.41) is 2.78. The zero-order chi connectivity index (χ0) is 19.0. The Labute approximate surface area is 149 Å². The molecule has 0 aliphatic rings. The molecule has 6 nitrogen and oxygen atoms in total. The van der Waals surface area contributed by atoms with Gasteiger partial charge in [0.25, 0.3) is 5.91 Å². The molecule has 0 saturated carbocycles. The Morgan fingerprint density at radius 1 is 1.24 bits per heavy atom. The predicted molar refractivity (Wildman–Crippen MR) is 97.1 cm³/mol. The molecule has 0 aromatic heterocycles. The van der Waals surface area contributed by atoms with Gasteiger partial charge in [-0.05, 0) is 44.4 Å². The van der Waals surface area contributed by atoms with Crippen molar-refractivity contribution in [3.63, 3.8) is 0 Å². The van der Waals surface area contributed by atoms with Gasteiger partial charge in [0, 0.05) is 12.3 Å². The summed E-state index contributed by atoms with van der Waals surface area (Å²) in [5.41, 5.74) is -0.211. The molecule has 1 amide bonds. The van der Waals surface area contributed by atoms with Crippen LogP contribution < -0.4 is 10.1 Å². The highest BCUT2D eigenvalue weighted by Crippen LogP contribution is 2.25. The van der Waals surface area contributed by atoms with Crippen LogP contribution in [0, 0.1) is 5.92 Å². The molecular weight excluding hydrogens is 322 g/mol. The van der Waals surface area contributed by atoms with E-state index in [0.717, 1.165) is 6.42 Å². The molecule has 0 aliphatic heterocycles. The molecule has 140 valence electrons. The number of nitrogens with one attached hydrogen (secondary N) is 1. The van der Waals surface area contributed by atoms with Crippen LogP contribution in [-0.2, 0) is 14.3 Å². The van der Waals surface area contributed by atoms with Gasteiger partial charge in [-0.1, -0.05) is 20.8 Å². The highest BCUT2D eigenvalue weighted by atomic mass is 16.5. The Hall–Kier alpha value is -2.08. The summed E-state index contributed by atoms with van der Waals surface area (Å²) in [6.45, 7) is 10.4. The fraction of sp³-hybridized carbons (Fsp3) is 0.579. The maximum absolute atomic E-state index is 12.4. The topological polar surface area (TPSA) is 73.9 Å². The van der Waals surface area contributed by atoms with Crippen molar-refractivity contribution in [2.24, 2.45) is 5.92 Å². The maximum atomic E-state index is 12.4. The first kappa shape index (κ1) is 21.0. The molecule has 6 heteroatoms. The molecule has 25 heavy (non-hydrogen) atoms. The third kappa shape index (κ3) is 6.38. The van der Waals surface area contributed by atoms with E-state index in [4.69, 9.17) is 14.2 Å². The standard InChI is InChI=1S/C19H29NO5/c1-7-10-25-19(4,5)18(22)20-14-8-9-16(24-12-13(2)3)15(11-14)17(21)23-6/h8-9,11,13H,7,10,12H2,1-6H3,(H,20,22). The Balaban J connectivity index is 2.97. The van der Waals surface area contributed by atoms with Crippen molar-refractivity contribution in [1.82, 2.24) is 0 Å². The lowest BCUT2D eigenvalue weighted by molar-refractivity contribution is -0.137. The summed E-state index contributed by atoms with van der Waals surface area (Å²) >= 11 is 0. The summed E-state index contributed by atoms with van der Waals surface area (Å²) in [6.07, 6.45) is 0.824. The summed E-state index contributed by atoms with van der Waals surface area (Å²) in [6, 6.07) is 4.90. The van der Waals surface area contributed by atoms with E-state index in [-0.39, 0.29) is 11.5 Å². The van der Waals surface area contributed by atoms with Crippen LogP contribution in [0.25, 0.3) is 0 Å². The summed E-state index contributed by atoms with van der Waals surface area (Å²) in [4.78, 5) is 24.4. The van der Waals surface area contributed by atoms with Crippen LogP contribution in [-0.4, -0.2) is 37.8 Å². The lowest BCUT2D eigenvalue weighted by Gasteiger charge is -2.24. The molecule has 0 fully saturated rings. The number of methoxy groups -OCH3 is 1. The monoisotopic (exact) mass is 351 g/mol. The van der Waals surface area contributed by atoms with Crippen LogP contribution in [0.15, 0.2) is 18.2 Å². The molecule has 0 atom stereocenters. The number of ether oxygens (including phenoxy) is 3. The normalized spacial score (nSPS) is 11.3. The zero-order valence-electron chi connectivity index (χ0n) is 16.0. The second-order valence-electron chi connectivity index (χ2n) is 6.72. The third-order valence-corrected chi connectivity index (χ3v) is 3.43. The SMILES string of the molecule is CCCOC(C)(C)C(=O)Nc1ccc(OCC(C)C)c(C(=O)OC)c1. The predicted octanol–water partition coefficient (Wildman–Crippen LogP) is 3.65. The highest BCUT2D eigenvalue weighted by molar-refractivity contribution is 5.99. The van der Waals surface area contributed by atoms with Gasteiger partial charge in [-0.25, -0.2) is 4.79 Å². The molecule has 0 spiro atoms. The minimum atomic E-state index is -0.964. The van der Waals surface area contributed by atoms with Crippen molar-refractivity contribution in [3.8, 4) is 5.75 Å². The zero-order valence-corrected chi connectivity index (χ0v) is 16.0. The number of carbonyl (C=O) groups is 2. The van der Waals surface area contributed by atoms with E-state index >= 15 is 0 Å². The molecule has 0 heterocycles. The van der Waals surface area contributed by atoms with Gasteiger partial charge in [-0.15, -0.1) is 0 Å². The van der Waals surface area contributed by atoms with Crippen LogP contribution in [0.3, 0.4) is 0 Å². The highest BCUT2D eigenvalue weighted by Gasteiger charge is 2.28. The molecular formula is C19H29NO5. The molecule has 0 radical (unpaired) electrons. The van der Waals surface area contributed by atoms with Gasteiger partial charge in [0.2, 0.25) is 0 Å². The number of esters is 1. The Morgan fingerprint density at radius 2 is 1.92 bits per heavy atom. The molecule has 1 rings (SSSR count). The number of hydrogen-bond donors (Lipinski definition) is 1. The second-order valence-corrected chi connectivity index (χ2v) is 6.72. The molecule has 1 aromatic carbocycles. The molecule has 0 bridgehead atoms. The van der Waals surface area contributed by atoms with E-state index in [1.165, 1.54) is 7.11 Å². The van der Waals surface area contributed by atoms with E-state index in [1.54, 1.807) is 32.0 Å². The van der Waals surface area contributed by atoms with Crippen molar-refractivity contribution in [2.75, 3.05) is 25.6 Å². The lowest BCUT2D eigenvalue weighted by atomic mass is 10.1. The summed E-state index contributed by atoms with van der Waals surface area (Å²) in [5.74, 6) is -0.0506. The quantitative estimate of drug-likeness (QED) is 0.688. The van der Waals surface area contributed by atoms with Gasteiger partial charge >= 0.3 is 5.97 Å². The number of benzene rings is 1. The Kier molecular flexibility index (Phi) is 7.90. The van der Waals surface area contributed by atoms with Gasteiger partial charge in [0.15, 0.2) is 0 Å². The first-order chi connectivity index (χ1) is 11.7. The van der Waals surface area contributed by atoms with Gasteiger partial charge in [0.05, 0.1) is 13.7 Å². The Morgan fingerprint density at radius 3 is 2.48 bits per heavy atom. The first-order valence-electron chi connectivity index (χ1n) is 8.51. The summed E-state index contributed by atoms with van der Waals surface area (Å²) < 4.78 is 16.0. The van der Waals surface area contributed by atoms with Gasteiger partial charge in [-0.3, -0.25) is 4.79 Å². The van der Waals surface area contributed by atoms with Gasteiger partial charge in [0.1, 0.15) is 16.9 Å². The number of amides is 1. The molecule has 1 N–H and O–H groups in total. The van der Waals surface area contributed by atoms with E-state index in [2.05, 4.69) is 5.32 Å². The largest absolute Gasteiger partial charge is 0.492 e. The number of rotatable bonds is 9. The lowest BCUT2D eigenvalue weighted by Crippen LogP contribution is -2.40. The van der Waals surface area contributed by atoms with Crippen molar-refractivity contribution in [2.45, 2.75) is 46.6 Å². The fourth-order valence-electron chi connectivity index (χ4n) is 1.96. The fourth-order valence-corrected chi connectivity index (χ4v) is 1.96. The average Bonchev–Trinajstić information content (AvgIpc) is 2.57. The smallest absolute Gasteiger partial charge is 0.341 e. The van der Waals surface area contributed by atoms with Crippen LogP contribution >= 0.6 is 0 Å². The van der Waals surface area contributed by atoms with Crippen LogP contribution in [0.5, 0.6) is 5.75 Å². The van der Waals surface area contributed by atoms with E-state index in [1.807, 2.05) is 20.8 Å². The third-order valence-electron chi connectivity index (χ3n) is 3.43. The van der Waals surface area contributed by atoms with Crippen molar-refractivity contribution in [1.29, 1.82) is 0 Å². The molecule has 1 aromatic rings. The molecule has 0 saturated heterocycles. The maximum Gasteiger partial charge on any atom is 0.341 e. The average molecular weight is 351 g/mol. The summed E-state index contributed by atoms with van der Waals surface area (Å²) in [7, 11) is 1.31. The van der Waals surface area contributed by atoms with Crippen molar-refractivity contribution >= 4 is 17.6 Å². The Bertz CT molecular complexity index is 595. The van der Waals surface area contributed by atoms with E-state index in [9.17, 15) is 9.59 Å². The van der Waals surface area contributed by atoms with E-state index in [0.29, 0.717) is 30.6 Å². The first-order valence-corrected chi connectivity index (χ1v) is 8.51.